The molecule has 20 heavy (non-hydrogen) atoms. The van der Waals surface area contributed by atoms with Crippen LogP contribution in [0.5, 0.6) is 0 Å². The number of methoxy groups -OCH3 is 2. The summed E-state index contributed by atoms with van der Waals surface area (Å²) in [5.41, 5.74) is 3.31. The van der Waals surface area contributed by atoms with Gasteiger partial charge in [-0.25, -0.2) is 4.79 Å². The SMILES string of the molecule is COCC(=O)N[C@@H](Cc1ccc(C)c(C)c1)C(=O)OC. The van der Waals surface area contributed by atoms with E-state index in [1.54, 1.807) is 0 Å². The fraction of sp³-hybridized carbons (Fsp3) is 0.467. The molecule has 0 radical (unpaired) electrons. The van der Waals surface area contributed by atoms with Crippen molar-refractivity contribution >= 4 is 11.9 Å². The molecule has 0 aliphatic heterocycles. The molecule has 1 amide bonds. The molecule has 110 valence electrons. The van der Waals surface area contributed by atoms with E-state index in [1.807, 2.05) is 32.0 Å². The number of amides is 1. The second-order valence-corrected chi connectivity index (χ2v) is 4.70. The van der Waals surface area contributed by atoms with Crippen molar-refractivity contribution in [3.8, 4) is 0 Å². The molecular formula is C15H21NO4. The highest BCUT2D eigenvalue weighted by Crippen LogP contribution is 2.12. The molecule has 0 heterocycles. The summed E-state index contributed by atoms with van der Waals surface area (Å²) in [6, 6.07) is 5.24. The Bertz CT molecular complexity index is 485. The maximum Gasteiger partial charge on any atom is 0.328 e. The summed E-state index contributed by atoms with van der Waals surface area (Å²) < 4.78 is 9.46. The lowest BCUT2D eigenvalue weighted by Crippen LogP contribution is -2.44. The minimum absolute atomic E-state index is 0.0829. The summed E-state index contributed by atoms with van der Waals surface area (Å²) in [5, 5.41) is 2.61. The lowest BCUT2D eigenvalue weighted by atomic mass is 10.0. The number of benzene rings is 1. The van der Waals surface area contributed by atoms with E-state index in [0.29, 0.717) is 6.42 Å². The highest BCUT2D eigenvalue weighted by molar-refractivity contribution is 5.85. The van der Waals surface area contributed by atoms with Crippen LogP contribution in [0.2, 0.25) is 0 Å². The Hall–Kier alpha value is -1.88. The number of hydrogen-bond donors (Lipinski definition) is 1. The van der Waals surface area contributed by atoms with Crippen LogP contribution in [0.15, 0.2) is 18.2 Å². The van der Waals surface area contributed by atoms with Gasteiger partial charge in [-0.2, -0.15) is 0 Å². The summed E-state index contributed by atoms with van der Waals surface area (Å²) in [6.07, 6.45) is 0.392. The first-order valence-corrected chi connectivity index (χ1v) is 6.40. The molecule has 5 heteroatoms. The van der Waals surface area contributed by atoms with Crippen molar-refractivity contribution in [1.82, 2.24) is 5.32 Å². The molecule has 0 bridgehead atoms. The highest BCUT2D eigenvalue weighted by Gasteiger charge is 2.21. The standard InChI is InChI=1S/C15H21NO4/c1-10-5-6-12(7-11(10)2)8-13(15(18)20-4)16-14(17)9-19-3/h5-7,13H,8-9H2,1-4H3,(H,16,17)/t13-/m0/s1. The van der Waals surface area contributed by atoms with Crippen LogP contribution in [0.4, 0.5) is 0 Å². The number of aryl methyl sites for hydroxylation is 2. The molecule has 0 aliphatic carbocycles. The first-order chi connectivity index (χ1) is 9.47. The van der Waals surface area contributed by atoms with Crippen molar-refractivity contribution in [2.24, 2.45) is 0 Å². The molecule has 0 saturated carbocycles. The maximum atomic E-state index is 11.7. The van der Waals surface area contributed by atoms with E-state index in [1.165, 1.54) is 19.8 Å². The van der Waals surface area contributed by atoms with Gasteiger partial charge in [0.15, 0.2) is 0 Å². The van der Waals surface area contributed by atoms with Gasteiger partial charge in [0.25, 0.3) is 0 Å². The number of rotatable bonds is 6. The zero-order chi connectivity index (χ0) is 15.1. The fourth-order valence-electron chi connectivity index (χ4n) is 1.87. The Morgan fingerprint density at radius 1 is 1.20 bits per heavy atom. The average Bonchev–Trinajstić information content (AvgIpc) is 2.41. The van der Waals surface area contributed by atoms with Gasteiger partial charge in [-0.15, -0.1) is 0 Å². The third-order valence-corrected chi connectivity index (χ3v) is 3.11. The van der Waals surface area contributed by atoms with Crippen molar-refractivity contribution in [3.63, 3.8) is 0 Å². The average molecular weight is 279 g/mol. The maximum absolute atomic E-state index is 11.7. The molecule has 0 unspecified atom stereocenters. The Morgan fingerprint density at radius 3 is 2.45 bits per heavy atom. The lowest BCUT2D eigenvalue weighted by Gasteiger charge is -2.17. The van der Waals surface area contributed by atoms with Crippen LogP contribution in [0.25, 0.3) is 0 Å². The van der Waals surface area contributed by atoms with E-state index in [9.17, 15) is 9.59 Å². The second-order valence-electron chi connectivity index (χ2n) is 4.70. The van der Waals surface area contributed by atoms with Crippen molar-refractivity contribution in [2.75, 3.05) is 20.8 Å². The Labute approximate surface area is 119 Å². The zero-order valence-electron chi connectivity index (χ0n) is 12.4. The Kier molecular flexibility index (Phi) is 6.18. The van der Waals surface area contributed by atoms with Crippen LogP contribution >= 0.6 is 0 Å². The van der Waals surface area contributed by atoms with Gasteiger partial charge in [-0.3, -0.25) is 4.79 Å². The number of ether oxygens (including phenoxy) is 2. The summed E-state index contributed by atoms with van der Waals surface area (Å²) in [7, 11) is 2.73. The van der Waals surface area contributed by atoms with Crippen molar-refractivity contribution in [1.29, 1.82) is 0 Å². The number of carbonyl (C=O) groups is 2. The quantitative estimate of drug-likeness (QED) is 0.793. The lowest BCUT2D eigenvalue weighted by molar-refractivity contribution is -0.145. The number of hydrogen-bond acceptors (Lipinski definition) is 4. The zero-order valence-corrected chi connectivity index (χ0v) is 12.4. The van der Waals surface area contributed by atoms with Crippen molar-refractivity contribution in [2.45, 2.75) is 26.3 Å². The molecule has 0 spiro atoms. The Morgan fingerprint density at radius 2 is 1.90 bits per heavy atom. The third-order valence-electron chi connectivity index (χ3n) is 3.11. The van der Waals surface area contributed by atoms with Gasteiger partial charge in [0.1, 0.15) is 12.6 Å². The smallest absolute Gasteiger partial charge is 0.328 e. The molecule has 1 aromatic rings. The molecule has 1 aromatic carbocycles. The molecule has 0 aliphatic rings. The minimum atomic E-state index is -0.704. The van der Waals surface area contributed by atoms with Crippen LogP contribution in [0, 0.1) is 13.8 Å². The fourth-order valence-corrected chi connectivity index (χ4v) is 1.87. The predicted molar refractivity (Wildman–Crippen MR) is 75.4 cm³/mol. The monoisotopic (exact) mass is 279 g/mol. The van der Waals surface area contributed by atoms with E-state index in [0.717, 1.165) is 11.1 Å². The molecule has 1 atom stereocenters. The molecule has 0 fully saturated rings. The van der Waals surface area contributed by atoms with Crippen molar-refractivity contribution in [3.05, 3.63) is 34.9 Å². The van der Waals surface area contributed by atoms with Crippen LogP contribution in [0.1, 0.15) is 16.7 Å². The van der Waals surface area contributed by atoms with Crippen LogP contribution in [-0.2, 0) is 25.5 Å². The summed E-state index contributed by atoms with van der Waals surface area (Å²) >= 11 is 0. The molecule has 0 saturated heterocycles. The summed E-state index contributed by atoms with van der Waals surface area (Å²) in [6.45, 7) is 3.95. The van der Waals surface area contributed by atoms with Crippen molar-refractivity contribution < 1.29 is 19.1 Å². The highest BCUT2D eigenvalue weighted by atomic mass is 16.5. The van der Waals surface area contributed by atoms with E-state index in [-0.39, 0.29) is 12.5 Å². The van der Waals surface area contributed by atoms with Gasteiger partial charge in [-0.05, 0) is 30.5 Å². The summed E-state index contributed by atoms with van der Waals surface area (Å²) in [5.74, 6) is -0.806. The topological polar surface area (TPSA) is 64.6 Å². The molecule has 1 N–H and O–H groups in total. The number of carbonyl (C=O) groups excluding carboxylic acids is 2. The number of nitrogens with one attached hydrogen (secondary N) is 1. The van der Waals surface area contributed by atoms with Gasteiger partial charge in [-0.1, -0.05) is 18.2 Å². The minimum Gasteiger partial charge on any atom is -0.467 e. The Balaban J connectivity index is 2.80. The molecule has 5 nitrogen and oxygen atoms in total. The van der Waals surface area contributed by atoms with Crippen LogP contribution in [-0.4, -0.2) is 38.7 Å². The van der Waals surface area contributed by atoms with Gasteiger partial charge >= 0.3 is 5.97 Å². The van der Waals surface area contributed by atoms with Crippen LogP contribution in [0.3, 0.4) is 0 Å². The normalized spacial score (nSPS) is 11.8. The van der Waals surface area contributed by atoms with Crippen LogP contribution < -0.4 is 5.32 Å². The van der Waals surface area contributed by atoms with Gasteiger partial charge in [0, 0.05) is 13.5 Å². The van der Waals surface area contributed by atoms with E-state index >= 15 is 0 Å². The molecule has 0 aromatic heterocycles. The van der Waals surface area contributed by atoms with Gasteiger partial charge in [0.05, 0.1) is 7.11 Å². The second kappa shape index (κ2) is 7.65. The van der Waals surface area contributed by atoms with Gasteiger partial charge in [0.2, 0.25) is 5.91 Å². The number of esters is 1. The first-order valence-electron chi connectivity index (χ1n) is 6.40. The predicted octanol–water partition coefficient (Wildman–Crippen LogP) is 1.15. The van der Waals surface area contributed by atoms with E-state index in [4.69, 9.17) is 9.47 Å². The van der Waals surface area contributed by atoms with E-state index in [2.05, 4.69) is 5.32 Å². The third kappa shape index (κ3) is 4.66. The molecule has 1 rings (SSSR count). The molecular weight excluding hydrogens is 258 g/mol. The van der Waals surface area contributed by atoms with E-state index < -0.39 is 12.0 Å². The first kappa shape index (κ1) is 16.2. The summed E-state index contributed by atoms with van der Waals surface area (Å²) in [4.78, 5) is 23.3. The largest absolute Gasteiger partial charge is 0.467 e. The van der Waals surface area contributed by atoms with Gasteiger partial charge < -0.3 is 14.8 Å².